The molecule has 0 spiro atoms. The van der Waals surface area contributed by atoms with Crippen LogP contribution in [-0.4, -0.2) is 70.9 Å². The van der Waals surface area contributed by atoms with Crippen molar-refractivity contribution in [3.05, 3.63) is 161 Å². The summed E-state index contributed by atoms with van der Waals surface area (Å²) >= 11 is 3.38. The molecule has 0 amide bonds. The van der Waals surface area contributed by atoms with Gasteiger partial charge in [-0.05, 0) is 143 Å². The van der Waals surface area contributed by atoms with Gasteiger partial charge in [-0.15, -0.1) is 0 Å². The van der Waals surface area contributed by atoms with Gasteiger partial charge >= 0.3 is 7.12 Å². The molecule has 330 valence electrons. The van der Waals surface area contributed by atoms with Crippen molar-refractivity contribution < 1.29 is 18.8 Å². The Morgan fingerprint density at radius 2 is 0.750 bits per heavy atom. The van der Waals surface area contributed by atoms with E-state index in [0.29, 0.717) is 0 Å². The van der Waals surface area contributed by atoms with Gasteiger partial charge in [-0.25, -0.2) is 0 Å². The maximum Gasteiger partial charge on any atom is 0.494 e. The molecule has 3 heterocycles. The van der Waals surface area contributed by atoms with E-state index in [2.05, 4.69) is 148 Å². The lowest BCUT2D eigenvalue weighted by Crippen LogP contribution is -2.41. The minimum atomic E-state index is -0.291. The van der Waals surface area contributed by atoms with Crippen LogP contribution in [0.1, 0.15) is 38.8 Å². The highest BCUT2D eigenvalue weighted by atomic mass is 79.9. The van der Waals surface area contributed by atoms with Crippen LogP contribution in [0.2, 0.25) is 0 Å². The third-order valence-electron chi connectivity index (χ3n) is 11.7. The quantitative estimate of drug-likeness (QED) is 0.112. The lowest BCUT2D eigenvalue weighted by atomic mass is 9.79. The van der Waals surface area contributed by atoms with Gasteiger partial charge in [0, 0.05) is 42.0 Å². The van der Waals surface area contributed by atoms with Gasteiger partial charge in [0.25, 0.3) is 0 Å². The smallest absolute Gasteiger partial charge is 0.399 e. The Hall–Kier alpha value is -5.50. The molecule has 9 rings (SSSR count). The number of nitrogens with zero attached hydrogens (tertiary/aromatic N) is 6. The van der Waals surface area contributed by atoms with Gasteiger partial charge in [-0.2, -0.15) is 20.5 Å². The molecule has 0 unspecified atom stereocenters. The molecule has 64 heavy (non-hydrogen) atoms. The molecule has 0 aromatic heterocycles. The molecule has 10 nitrogen and oxygen atoms in total. The predicted octanol–water partition coefficient (Wildman–Crippen LogP) is 12.9. The first-order valence-electron chi connectivity index (χ1n) is 21.9. The van der Waals surface area contributed by atoms with Crippen molar-refractivity contribution >= 4 is 62.6 Å². The second-order valence-electron chi connectivity index (χ2n) is 17.0. The molecule has 0 saturated carbocycles. The standard InChI is InChI=1S/C23H23N3O.C16H24BNO3.C13H11BrN2/c1-18-2-8-21(9-3-18)24-25-22-10-4-19(5-11-22)20-6-12-23(13-7-20)26-14-16-27-17-15-26;1-15(2)16(3,4)21-17(20-15)13-5-7-14(8-6-13)18-9-11-19-12-10-18;1-10-2-6-12(7-3-10)15-16-13-8-4-11(14)5-9-13/h2-13H,14-17H2,1H3;5-8H,9-12H2,1-4H3;2-9H,1H3. The van der Waals surface area contributed by atoms with Crippen molar-refractivity contribution in [2.75, 3.05) is 62.4 Å². The van der Waals surface area contributed by atoms with Crippen LogP contribution in [-0.2, 0) is 18.8 Å². The minimum absolute atomic E-state index is 0.284. The largest absolute Gasteiger partial charge is 0.494 e. The number of halogens is 1. The maximum absolute atomic E-state index is 6.08. The van der Waals surface area contributed by atoms with Gasteiger partial charge in [0.15, 0.2) is 0 Å². The van der Waals surface area contributed by atoms with Crippen LogP contribution >= 0.6 is 15.9 Å². The average molecular weight is 922 g/mol. The van der Waals surface area contributed by atoms with Crippen molar-refractivity contribution in [3.8, 4) is 11.1 Å². The van der Waals surface area contributed by atoms with E-state index in [1.54, 1.807) is 0 Å². The van der Waals surface area contributed by atoms with Gasteiger partial charge in [-0.1, -0.05) is 87.7 Å². The summed E-state index contributed by atoms with van der Waals surface area (Å²) in [4.78, 5) is 4.71. The molecule has 6 aromatic carbocycles. The van der Waals surface area contributed by atoms with Gasteiger partial charge in [0.2, 0.25) is 0 Å². The number of rotatable bonds is 8. The fourth-order valence-corrected chi connectivity index (χ4v) is 7.28. The first-order chi connectivity index (χ1) is 30.9. The summed E-state index contributed by atoms with van der Waals surface area (Å²) in [6, 6.07) is 49.1. The van der Waals surface area contributed by atoms with E-state index in [9.17, 15) is 0 Å². The van der Waals surface area contributed by atoms with E-state index in [0.717, 1.165) is 85.3 Å². The molecule has 3 aliphatic heterocycles. The van der Waals surface area contributed by atoms with Crippen LogP contribution in [0.5, 0.6) is 0 Å². The second kappa shape index (κ2) is 21.9. The summed E-state index contributed by atoms with van der Waals surface area (Å²) in [5.74, 6) is 0. The molecule has 0 atom stereocenters. The molecule has 3 aliphatic rings. The Balaban J connectivity index is 0.000000149. The Labute approximate surface area is 387 Å². The van der Waals surface area contributed by atoms with Crippen molar-refractivity contribution in [2.24, 2.45) is 20.5 Å². The topological polar surface area (TPSA) is 92.8 Å². The second-order valence-corrected chi connectivity index (χ2v) is 17.9. The molecule has 6 aromatic rings. The van der Waals surface area contributed by atoms with E-state index >= 15 is 0 Å². The lowest BCUT2D eigenvalue weighted by molar-refractivity contribution is 0.00578. The van der Waals surface area contributed by atoms with E-state index in [4.69, 9.17) is 18.8 Å². The number of anilines is 2. The molecule has 12 heteroatoms. The third kappa shape index (κ3) is 13.0. The number of benzene rings is 6. The number of aryl methyl sites for hydroxylation is 2. The van der Waals surface area contributed by atoms with Crippen molar-refractivity contribution in [2.45, 2.75) is 52.7 Å². The van der Waals surface area contributed by atoms with Crippen LogP contribution in [0, 0.1) is 13.8 Å². The van der Waals surface area contributed by atoms with Crippen LogP contribution in [0.4, 0.5) is 34.1 Å². The fraction of sp³-hybridized carbons (Fsp3) is 0.308. The molecule has 0 radical (unpaired) electrons. The molecule has 0 bridgehead atoms. The number of morpholine rings is 2. The summed E-state index contributed by atoms with van der Waals surface area (Å²) in [5, 5.41) is 16.9. The normalized spacial score (nSPS) is 16.9. The zero-order valence-corrected chi connectivity index (χ0v) is 39.4. The zero-order valence-electron chi connectivity index (χ0n) is 37.8. The van der Waals surface area contributed by atoms with E-state index in [-0.39, 0.29) is 18.3 Å². The van der Waals surface area contributed by atoms with Crippen LogP contribution < -0.4 is 15.3 Å². The summed E-state index contributed by atoms with van der Waals surface area (Å²) in [5.41, 5.74) is 11.2. The monoisotopic (exact) mass is 920 g/mol. The highest BCUT2D eigenvalue weighted by Crippen LogP contribution is 2.36. The summed E-state index contributed by atoms with van der Waals surface area (Å²) in [7, 11) is -0.284. The number of ether oxygens (including phenoxy) is 2. The highest BCUT2D eigenvalue weighted by molar-refractivity contribution is 9.10. The molecular weight excluding hydrogens is 863 g/mol. The van der Waals surface area contributed by atoms with Crippen molar-refractivity contribution in [1.29, 1.82) is 0 Å². The Morgan fingerprint density at radius 1 is 0.438 bits per heavy atom. The van der Waals surface area contributed by atoms with Gasteiger partial charge in [0.05, 0.1) is 60.4 Å². The maximum atomic E-state index is 6.08. The molecular formula is C52H58BBrN6O4. The van der Waals surface area contributed by atoms with Gasteiger partial charge < -0.3 is 28.6 Å². The SMILES string of the molecule is CC1(C)OB(c2ccc(N3CCOCC3)cc2)OC1(C)C.Cc1ccc(N=Nc2ccc(-c3ccc(N4CCOCC4)cc3)cc2)cc1.Cc1ccc(N=Nc2ccc(Br)cc2)cc1. The van der Waals surface area contributed by atoms with Crippen LogP contribution in [0.15, 0.2) is 171 Å². The van der Waals surface area contributed by atoms with E-state index in [1.165, 1.54) is 33.6 Å². The van der Waals surface area contributed by atoms with Gasteiger partial charge in [0.1, 0.15) is 0 Å². The molecule has 0 N–H and O–H groups in total. The molecule has 3 fully saturated rings. The summed E-state index contributed by atoms with van der Waals surface area (Å²) < 4.78 is 24.0. The van der Waals surface area contributed by atoms with E-state index < -0.39 is 0 Å². The zero-order chi connectivity index (χ0) is 44.9. The number of hydrogen-bond acceptors (Lipinski definition) is 10. The van der Waals surface area contributed by atoms with Crippen molar-refractivity contribution in [3.63, 3.8) is 0 Å². The fourth-order valence-electron chi connectivity index (χ4n) is 7.01. The number of azo groups is 2. The average Bonchev–Trinajstić information content (AvgIpc) is 3.55. The summed E-state index contributed by atoms with van der Waals surface area (Å²) in [6.45, 7) is 19.5. The first kappa shape index (κ1) is 46.5. The molecule has 0 aliphatic carbocycles. The highest BCUT2D eigenvalue weighted by Gasteiger charge is 2.51. The Kier molecular flexibility index (Phi) is 15.9. The molecule has 3 saturated heterocycles. The van der Waals surface area contributed by atoms with Crippen LogP contribution in [0.25, 0.3) is 11.1 Å². The third-order valence-corrected chi connectivity index (χ3v) is 12.2. The minimum Gasteiger partial charge on any atom is -0.399 e. The van der Waals surface area contributed by atoms with E-state index in [1.807, 2.05) is 84.9 Å². The van der Waals surface area contributed by atoms with Crippen molar-refractivity contribution in [1.82, 2.24) is 0 Å². The van der Waals surface area contributed by atoms with Crippen LogP contribution in [0.3, 0.4) is 0 Å². The number of hydrogen-bond donors (Lipinski definition) is 0. The Morgan fingerprint density at radius 3 is 1.12 bits per heavy atom. The summed E-state index contributed by atoms with van der Waals surface area (Å²) in [6.07, 6.45) is 0. The first-order valence-corrected chi connectivity index (χ1v) is 22.7. The van der Waals surface area contributed by atoms with Gasteiger partial charge in [-0.3, -0.25) is 0 Å². The predicted molar refractivity (Wildman–Crippen MR) is 265 cm³/mol. The lowest BCUT2D eigenvalue weighted by Gasteiger charge is -2.32. The Bertz CT molecular complexity index is 2350.